The van der Waals surface area contributed by atoms with E-state index in [1.807, 2.05) is 47.7 Å². The summed E-state index contributed by atoms with van der Waals surface area (Å²) in [6.45, 7) is 1.95. The summed E-state index contributed by atoms with van der Waals surface area (Å²) in [7, 11) is 0. The third-order valence-electron chi connectivity index (χ3n) is 2.20. The predicted molar refractivity (Wildman–Crippen MR) is 64.7 cm³/mol. The fourth-order valence-electron chi connectivity index (χ4n) is 1.47. The molecule has 0 bridgehead atoms. The first kappa shape index (κ1) is 9.58. The van der Waals surface area contributed by atoms with E-state index >= 15 is 0 Å². The van der Waals surface area contributed by atoms with Crippen LogP contribution in [0.25, 0.3) is 10.8 Å². The van der Waals surface area contributed by atoms with Gasteiger partial charge >= 0.3 is 0 Å². The quantitative estimate of drug-likeness (QED) is 0.579. The van der Waals surface area contributed by atoms with Crippen LogP contribution in [0.1, 0.15) is 5.56 Å². The van der Waals surface area contributed by atoms with Crippen molar-refractivity contribution < 1.29 is 10.2 Å². The SMILES string of the molecule is Cc1ccc2c(O)c(I)cc(O)c2c1. The molecule has 0 atom stereocenters. The normalized spacial score (nSPS) is 10.7. The van der Waals surface area contributed by atoms with Crippen molar-refractivity contribution in [3.8, 4) is 11.5 Å². The molecule has 0 aliphatic rings. The largest absolute Gasteiger partial charge is 0.507 e. The molecule has 14 heavy (non-hydrogen) atoms. The Kier molecular flexibility index (Phi) is 2.26. The third-order valence-corrected chi connectivity index (χ3v) is 3.02. The standard InChI is InChI=1S/C11H9IO2/c1-6-2-3-7-8(4-6)10(13)5-9(12)11(7)14/h2-5,13-14H,1H3. The average molecular weight is 300 g/mol. The molecule has 2 aromatic carbocycles. The zero-order valence-electron chi connectivity index (χ0n) is 7.58. The zero-order valence-corrected chi connectivity index (χ0v) is 9.74. The molecule has 0 spiro atoms. The molecule has 72 valence electrons. The van der Waals surface area contributed by atoms with Gasteiger partial charge in [-0.2, -0.15) is 0 Å². The molecule has 0 unspecified atom stereocenters. The molecular weight excluding hydrogens is 291 g/mol. The van der Waals surface area contributed by atoms with Gasteiger partial charge in [-0.25, -0.2) is 0 Å². The molecule has 0 saturated carbocycles. The molecule has 0 heterocycles. The van der Waals surface area contributed by atoms with Crippen molar-refractivity contribution in [3.63, 3.8) is 0 Å². The van der Waals surface area contributed by atoms with Crippen molar-refractivity contribution >= 4 is 33.4 Å². The van der Waals surface area contributed by atoms with E-state index in [-0.39, 0.29) is 11.5 Å². The Bertz CT molecular complexity index is 506. The van der Waals surface area contributed by atoms with E-state index in [4.69, 9.17) is 0 Å². The van der Waals surface area contributed by atoms with Gasteiger partial charge in [0.1, 0.15) is 11.5 Å². The highest BCUT2D eigenvalue weighted by atomic mass is 127. The molecule has 0 aliphatic carbocycles. The van der Waals surface area contributed by atoms with E-state index in [1.165, 1.54) is 0 Å². The number of halogens is 1. The van der Waals surface area contributed by atoms with Crippen LogP contribution >= 0.6 is 22.6 Å². The van der Waals surface area contributed by atoms with E-state index in [9.17, 15) is 10.2 Å². The number of fused-ring (bicyclic) bond motifs is 1. The third kappa shape index (κ3) is 1.41. The first-order chi connectivity index (χ1) is 6.59. The minimum Gasteiger partial charge on any atom is -0.507 e. The highest BCUT2D eigenvalue weighted by Crippen LogP contribution is 2.36. The maximum atomic E-state index is 9.75. The Labute approximate surface area is 95.3 Å². The number of rotatable bonds is 0. The molecule has 0 radical (unpaired) electrons. The van der Waals surface area contributed by atoms with Crippen molar-refractivity contribution in [2.24, 2.45) is 0 Å². The Morgan fingerprint density at radius 3 is 2.50 bits per heavy atom. The second kappa shape index (κ2) is 3.31. The predicted octanol–water partition coefficient (Wildman–Crippen LogP) is 3.16. The van der Waals surface area contributed by atoms with Crippen LogP contribution in [0.5, 0.6) is 11.5 Å². The van der Waals surface area contributed by atoms with Gasteiger partial charge in [0.25, 0.3) is 0 Å². The second-order valence-electron chi connectivity index (χ2n) is 3.28. The van der Waals surface area contributed by atoms with Crippen LogP contribution in [-0.2, 0) is 0 Å². The number of hydrogen-bond acceptors (Lipinski definition) is 2. The van der Waals surface area contributed by atoms with Crippen molar-refractivity contribution in [2.45, 2.75) is 6.92 Å². The van der Waals surface area contributed by atoms with Crippen molar-refractivity contribution in [1.82, 2.24) is 0 Å². The van der Waals surface area contributed by atoms with Crippen molar-refractivity contribution in [2.75, 3.05) is 0 Å². The first-order valence-corrected chi connectivity index (χ1v) is 5.28. The number of benzene rings is 2. The van der Waals surface area contributed by atoms with Gasteiger partial charge in [-0.1, -0.05) is 17.7 Å². The first-order valence-electron chi connectivity index (χ1n) is 4.20. The van der Waals surface area contributed by atoms with Crippen LogP contribution in [0.2, 0.25) is 0 Å². The minimum absolute atomic E-state index is 0.214. The highest BCUT2D eigenvalue weighted by Gasteiger charge is 2.08. The molecule has 0 saturated heterocycles. The Hall–Kier alpha value is -0.970. The monoisotopic (exact) mass is 300 g/mol. The molecule has 2 rings (SSSR count). The summed E-state index contributed by atoms with van der Waals surface area (Å²) in [5.74, 6) is 0.448. The van der Waals surface area contributed by atoms with E-state index in [2.05, 4.69) is 0 Å². The maximum absolute atomic E-state index is 9.75. The molecule has 2 aromatic rings. The van der Waals surface area contributed by atoms with Crippen molar-refractivity contribution in [3.05, 3.63) is 33.4 Å². The summed E-state index contributed by atoms with van der Waals surface area (Å²) >= 11 is 2.00. The van der Waals surface area contributed by atoms with Crippen LogP contribution in [0.4, 0.5) is 0 Å². The van der Waals surface area contributed by atoms with E-state index in [1.54, 1.807) is 6.07 Å². The van der Waals surface area contributed by atoms with E-state index in [0.29, 0.717) is 14.3 Å². The smallest absolute Gasteiger partial charge is 0.136 e. The lowest BCUT2D eigenvalue weighted by Gasteiger charge is -2.06. The van der Waals surface area contributed by atoms with Gasteiger partial charge in [-0.3, -0.25) is 0 Å². The zero-order chi connectivity index (χ0) is 10.3. The van der Waals surface area contributed by atoms with Gasteiger partial charge in [0, 0.05) is 10.8 Å². The number of aromatic hydroxyl groups is 2. The van der Waals surface area contributed by atoms with E-state index in [0.717, 1.165) is 5.56 Å². The Morgan fingerprint density at radius 2 is 1.79 bits per heavy atom. The number of aryl methyl sites for hydroxylation is 1. The topological polar surface area (TPSA) is 40.5 Å². The van der Waals surface area contributed by atoms with Crippen LogP contribution in [0, 0.1) is 10.5 Å². The molecule has 0 fully saturated rings. The molecule has 2 N–H and O–H groups in total. The van der Waals surface area contributed by atoms with Gasteiger partial charge in [0.15, 0.2) is 0 Å². The number of phenols is 2. The van der Waals surface area contributed by atoms with E-state index < -0.39 is 0 Å². The Balaban J connectivity index is 2.94. The summed E-state index contributed by atoms with van der Waals surface area (Å²) in [5, 5.41) is 20.8. The van der Waals surface area contributed by atoms with Crippen LogP contribution < -0.4 is 0 Å². The molecule has 2 nitrogen and oxygen atoms in total. The molecular formula is C11H9IO2. The highest BCUT2D eigenvalue weighted by molar-refractivity contribution is 14.1. The summed E-state index contributed by atoms with van der Waals surface area (Å²) in [4.78, 5) is 0. The average Bonchev–Trinajstić information content (AvgIpc) is 2.14. The van der Waals surface area contributed by atoms with Crippen molar-refractivity contribution in [1.29, 1.82) is 0 Å². The van der Waals surface area contributed by atoms with Crippen LogP contribution in [0.3, 0.4) is 0 Å². The molecule has 0 amide bonds. The summed E-state index contributed by atoms with van der Waals surface area (Å²) in [5.41, 5.74) is 1.06. The summed E-state index contributed by atoms with van der Waals surface area (Å²) < 4.78 is 0.663. The molecule has 0 aliphatic heterocycles. The molecule has 3 heteroatoms. The fraction of sp³-hybridized carbons (Fsp3) is 0.0909. The number of hydrogen-bond donors (Lipinski definition) is 2. The summed E-state index contributed by atoms with van der Waals surface area (Å²) in [6.07, 6.45) is 0. The summed E-state index contributed by atoms with van der Waals surface area (Å²) in [6, 6.07) is 7.16. The lowest BCUT2D eigenvalue weighted by molar-refractivity contribution is 0.466. The van der Waals surface area contributed by atoms with Crippen LogP contribution in [0.15, 0.2) is 24.3 Å². The maximum Gasteiger partial charge on any atom is 0.136 e. The molecule has 0 aromatic heterocycles. The van der Waals surface area contributed by atoms with Crippen LogP contribution in [-0.4, -0.2) is 10.2 Å². The van der Waals surface area contributed by atoms with Gasteiger partial charge < -0.3 is 10.2 Å². The van der Waals surface area contributed by atoms with Gasteiger partial charge in [-0.05, 0) is 41.6 Å². The fourth-order valence-corrected chi connectivity index (χ4v) is 2.06. The Morgan fingerprint density at radius 1 is 1.07 bits per heavy atom. The van der Waals surface area contributed by atoms with Gasteiger partial charge in [-0.15, -0.1) is 0 Å². The van der Waals surface area contributed by atoms with Gasteiger partial charge in [0.2, 0.25) is 0 Å². The number of phenolic OH excluding ortho intramolecular Hbond substituents is 2. The van der Waals surface area contributed by atoms with Gasteiger partial charge in [0.05, 0.1) is 3.57 Å². The lowest BCUT2D eigenvalue weighted by atomic mass is 10.1. The minimum atomic E-state index is 0.214. The lowest BCUT2D eigenvalue weighted by Crippen LogP contribution is -1.81. The second-order valence-corrected chi connectivity index (χ2v) is 4.44.